The average Bonchev–Trinajstić information content (AvgIpc) is 2.13. The summed E-state index contributed by atoms with van der Waals surface area (Å²) in [5, 5.41) is 3.21. The molecule has 0 amide bonds. The minimum atomic E-state index is -3.28. The topological polar surface area (TPSA) is 55.4 Å². The van der Waals surface area contributed by atoms with Gasteiger partial charge in [-0.2, -0.15) is 0 Å². The van der Waals surface area contributed by atoms with Gasteiger partial charge in [-0.05, 0) is 26.0 Å². The van der Waals surface area contributed by atoms with Gasteiger partial charge in [0, 0.05) is 5.54 Å². The maximum Gasteiger partial charge on any atom is 0.186 e. The van der Waals surface area contributed by atoms with Crippen molar-refractivity contribution in [3.63, 3.8) is 0 Å². The molecule has 5 heteroatoms. The number of ether oxygens (including phenoxy) is 1. The molecule has 1 aliphatic rings. The van der Waals surface area contributed by atoms with Gasteiger partial charge < -0.3 is 10.1 Å². The van der Waals surface area contributed by atoms with Crippen LogP contribution in [0.2, 0.25) is 0 Å². The molecule has 1 aromatic carbocycles. The number of hydrogen-bond donors (Lipinski definition) is 1. The van der Waals surface area contributed by atoms with Crippen molar-refractivity contribution in [3.8, 4) is 5.75 Å². The number of anilines is 1. The molecule has 0 atom stereocenters. The van der Waals surface area contributed by atoms with Crippen LogP contribution in [0.15, 0.2) is 23.1 Å². The number of benzene rings is 1. The van der Waals surface area contributed by atoms with E-state index in [1.54, 1.807) is 18.2 Å². The first-order valence-electron chi connectivity index (χ1n) is 5.04. The zero-order valence-corrected chi connectivity index (χ0v) is 10.4. The van der Waals surface area contributed by atoms with Gasteiger partial charge in [-0.3, -0.25) is 0 Å². The summed E-state index contributed by atoms with van der Waals surface area (Å²) in [4.78, 5) is 0.275. The zero-order chi connectivity index (χ0) is 12.0. The minimum absolute atomic E-state index is 0.0768. The molecule has 1 heterocycles. The fourth-order valence-electron chi connectivity index (χ4n) is 2.04. The Morgan fingerprint density at radius 1 is 1.38 bits per heavy atom. The van der Waals surface area contributed by atoms with Crippen molar-refractivity contribution in [2.24, 2.45) is 0 Å². The third-order valence-electron chi connectivity index (χ3n) is 2.53. The Balaban J connectivity index is 2.70. The highest BCUT2D eigenvalue weighted by Crippen LogP contribution is 2.38. The number of methoxy groups -OCH3 is 1. The molecule has 16 heavy (non-hydrogen) atoms. The number of rotatable bonds is 1. The maximum absolute atomic E-state index is 12.1. The first-order chi connectivity index (χ1) is 7.36. The van der Waals surface area contributed by atoms with Crippen LogP contribution in [0.1, 0.15) is 13.8 Å². The van der Waals surface area contributed by atoms with Crippen molar-refractivity contribution in [2.45, 2.75) is 24.3 Å². The number of hydrogen-bond acceptors (Lipinski definition) is 4. The zero-order valence-electron chi connectivity index (χ0n) is 9.57. The predicted molar refractivity (Wildman–Crippen MR) is 62.7 cm³/mol. The molecule has 0 aromatic heterocycles. The summed E-state index contributed by atoms with van der Waals surface area (Å²) < 4.78 is 29.4. The van der Waals surface area contributed by atoms with Crippen molar-refractivity contribution >= 4 is 15.5 Å². The Morgan fingerprint density at radius 3 is 2.69 bits per heavy atom. The summed E-state index contributed by atoms with van der Waals surface area (Å²) in [6.45, 7) is 3.74. The van der Waals surface area contributed by atoms with Crippen LogP contribution in [0, 0.1) is 0 Å². The van der Waals surface area contributed by atoms with Crippen LogP contribution in [-0.4, -0.2) is 26.8 Å². The quantitative estimate of drug-likeness (QED) is 0.812. The molecule has 0 fully saturated rings. The Morgan fingerprint density at radius 2 is 2.06 bits per heavy atom. The maximum atomic E-state index is 12.1. The van der Waals surface area contributed by atoms with Gasteiger partial charge in [0.05, 0.1) is 18.6 Å². The summed E-state index contributed by atoms with van der Waals surface area (Å²) in [6, 6.07) is 5.20. The van der Waals surface area contributed by atoms with Crippen LogP contribution in [0.25, 0.3) is 0 Å². The molecule has 2 rings (SSSR count). The van der Waals surface area contributed by atoms with E-state index in [0.717, 1.165) is 0 Å². The standard InChI is InChI=1S/C11H15NO3S/c1-11(2)7-16(13,14)10-8(12-11)5-4-6-9(10)15-3/h4-6,12H,7H2,1-3H3. The fourth-order valence-corrected chi connectivity index (χ4v) is 4.12. The lowest BCUT2D eigenvalue weighted by Gasteiger charge is -2.33. The lowest BCUT2D eigenvalue weighted by atomic mass is 10.1. The highest BCUT2D eigenvalue weighted by molar-refractivity contribution is 7.91. The van der Waals surface area contributed by atoms with E-state index in [-0.39, 0.29) is 10.6 Å². The van der Waals surface area contributed by atoms with Gasteiger partial charge in [-0.25, -0.2) is 8.42 Å². The van der Waals surface area contributed by atoms with Crippen molar-refractivity contribution in [1.29, 1.82) is 0 Å². The SMILES string of the molecule is COc1cccc2c1S(=O)(=O)CC(C)(C)N2. The van der Waals surface area contributed by atoms with Crippen molar-refractivity contribution in [2.75, 3.05) is 18.2 Å². The third-order valence-corrected chi connectivity index (χ3v) is 4.68. The molecule has 0 spiro atoms. The number of sulfone groups is 1. The summed E-state index contributed by atoms with van der Waals surface area (Å²) >= 11 is 0. The molecule has 0 aliphatic carbocycles. The van der Waals surface area contributed by atoms with Gasteiger partial charge >= 0.3 is 0 Å². The largest absolute Gasteiger partial charge is 0.495 e. The normalized spacial score (nSPS) is 20.7. The molecule has 0 bridgehead atoms. The summed E-state index contributed by atoms with van der Waals surface area (Å²) in [7, 11) is -1.80. The van der Waals surface area contributed by atoms with Crippen LogP contribution in [0.3, 0.4) is 0 Å². The Kier molecular flexibility index (Phi) is 2.38. The molecular formula is C11H15NO3S. The van der Waals surface area contributed by atoms with Crippen LogP contribution < -0.4 is 10.1 Å². The van der Waals surface area contributed by atoms with Crippen molar-refractivity contribution in [3.05, 3.63) is 18.2 Å². The smallest absolute Gasteiger partial charge is 0.186 e. The van der Waals surface area contributed by atoms with Crippen LogP contribution in [0.4, 0.5) is 5.69 Å². The van der Waals surface area contributed by atoms with Gasteiger partial charge in [0.1, 0.15) is 10.6 Å². The molecule has 1 aliphatic heterocycles. The highest BCUT2D eigenvalue weighted by Gasteiger charge is 2.37. The molecule has 4 nitrogen and oxygen atoms in total. The molecule has 0 saturated heterocycles. The van der Waals surface area contributed by atoms with E-state index < -0.39 is 15.4 Å². The Hall–Kier alpha value is -1.23. The van der Waals surface area contributed by atoms with E-state index in [2.05, 4.69) is 5.32 Å². The number of nitrogens with one attached hydrogen (secondary N) is 1. The average molecular weight is 241 g/mol. The van der Waals surface area contributed by atoms with Crippen molar-refractivity contribution < 1.29 is 13.2 Å². The van der Waals surface area contributed by atoms with Gasteiger partial charge in [0.15, 0.2) is 9.84 Å². The molecule has 1 N–H and O–H groups in total. The van der Waals surface area contributed by atoms with Crippen LogP contribution in [-0.2, 0) is 9.84 Å². The summed E-state index contributed by atoms with van der Waals surface area (Å²) in [5.41, 5.74) is 0.175. The predicted octanol–water partition coefficient (Wildman–Crippen LogP) is 1.67. The van der Waals surface area contributed by atoms with E-state index in [1.165, 1.54) is 7.11 Å². The van der Waals surface area contributed by atoms with E-state index in [0.29, 0.717) is 11.4 Å². The molecular weight excluding hydrogens is 226 g/mol. The molecule has 0 unspecified atom stereocenters. The van der Waals surface area contributed by atoms with Gasteiger partial charge in [0.2, 0.25) is 0 Å². The molecule has 0 radical (unpaired) electrons. The monoisotopic (exact) mass is 241 g/mol. The summed E-state index contributed by atoms with van der Waals surface area (Å²) in [5.74, 6) is 0.480. The third kappa shape index (κ3) is 1.75. The molecule has 0 saturated carbocycles. The Labute approximate surface area is 95.5 Å². The number of fused-ring (bicyclic) bond motifs is 1. The van der Waals surface area contributed by atoms with Crippen LogP contribution in [0.5, 0.6) is 5.75 Å². The first kappa shape index (κ1) is 11.3. The Bertz CT molecular complexity index is 520. The highest BCUT2D eigenvalue weighted by atomic mass is 32.2. The van der Waals surface area contributed by atoms with E-state index in [4.69, 9.17) is 4.74 Å². The second kappa shape index (κ2) is 3.38. The lowest BCUT2D eigenvalue weighted by Crippen LogP contribution is -2.42. The van der Waals surface area contributed by atoms with Gasteiger partial charge in [-0.15, -0.1) is 0 Å². The van der Waals surface area contributed by atoms with Gasteiger partial charge in [-0.1, -0.05) is 6.07 Å². The molecule has 1 aromatic rings. The first-order valence-corrected chi connectivity index (χ1v) is 6.69. The molecule has 88 valence electrons. The van der Waals surface area contributed by atoms with E-state index in [9.17, 15) is 8.42 Å². The van der Waals surface area contributed by atoms with Gasteiger partial charge in [0.25, 0.3) is 0 Å². The lowest BCUT2D eigenvalue weighted by molar-refractivity contribution is 0.401. The van der Waals surface area contributed by atoms with E-state index in [1.807, 2.05) is 13.8 Å². The van der Waals surface area contributed by atoms with E-state index >= 15 is 0 Å². The second-order valence-electron chi connectivity index (χ2n) is 4.60. The summed E-state index contributed by atoms with van der Waals surface area (Å²) in [6.07, 6.45) is 0. The minimum Gasteiger partial charge on any atom is -0.495 e. The van der Waals surface area contributed by atoms with Crippen molar-refractivity contribution in [1.82, 2.24) is 0 Å². The van der Waals surface area contributed by atoms with Crippen LogP contribution >= 0.6 is 0 Å². The fraction of sp³-hybridized carbons (Fsp3) is 0.455. The second-order valence-corrected chi connectivity index (χ2v) is 6.53.